The van der Waals surface area contributed by atoms with Gasteiger partial charge in [0.1, 0.15) is 13.2 Å². The van der Waals surface area contributed by atoms with Gasteiger partial charge in [0.15, 0.2) is 6.10 Å². The molecule has 0 amide bonds. The third kappa shape index (κ3) is 63.7. The molecule has 1 unspecified atom stereocenters. The number of unbranched alkanes of at least 4 members (excludes halogenated alkanes) is 39. The molecule has 0 aromatic carbocycles. The fourth-order valence-corrected chi connectivity index (χ4v) is 9.88. The van der Waals surface area contributed by atoms with Crippen LogP contribution in [-0.2, 0) is 28.6 Å². The number of esters is 3. The van der Waals surface area contributed by atoms with Crippen molar-refractivity contribution in [3.05, 3.63) is 72.9 Å². The number of carbonyl (C=O) groups is 3. The lowest BCUT2D eigenvalue weighted by Crippen LogP contribution is -2.30. The lowest BCUT2D eigenvalue weighted by atomic mass is 10.0. The van der Waals surface area contributed by atoms with E-state index < -0.39 is 6.10 Å². The van der Waals surface area contributed by atoms with Crippen molar-refractivity contribution in [1.82, 2.24) is 0 Å². The van der Waals surface area contributed by atoms with E-state index in [9.17, 15) is 14.4 Å². The third-order valence-electron chi connectivity index (χ3n) is 14.9. The van der Waals surface area contributed by atoms with Crippen LogP contribution in [0.25, 0.3) is 0 Å². The van der Waals surface area contributed by atoms with E-state index in [1.807, 2.05) is 0 Å². The molecule has 0 aliphatic rings. The summed E-state index contributed by atoms with van der Waals surface area (Å²) in [6.45, 7) is 6.50. The molecule has 0 aromatic rings. The zero-order valence-electron chi connectivity index (χ0n) is 51.9. The molecular weight excluding hydrogens is 961 g/mol. The van der Waals surface area contributed by atoms with Crippen molar-refractivity contribution in [2.45, 2.75) is 354 Å². The Morgan fingerprint density at radius 1 is 0.269 bits per heavy atom. The van der Waals surface area contributed by atoms with Crippen LogP contribution in [-0.4, -0.2) is 37.2 Å². The SMILES string of the molecule is CC/C=C\C/C=C\C/C=C\C/C=C\C/C=C\CCCCCCCCCC(=O)OC(COC(=O)CCCCCCCC)COC(=O)CCCCCCCCCCCCCCCCCCCCC/C=C\CCCCCCCCCC. The van der Waals surface area contributed by atoms with E-state index in [1.54, 1.807) is 0 Å². The summed E-state index contributed by atoms with van der Waals surface area (Å²) in [5, 5.41) is 0. The molecule has 1 atom stereocenters. The Hall–Kier alpha value is -3.15. The van der Waals surface area contributed by atoms with Gasteiger partial charge in [-0.25, -0.2) is 0 Å². The third-order valence-corrected chi connectivity index (χ3v) is 14.9. The van der Waals surface area contributed by atoms with Crippen LogP contribution >= 0.6 is 0 Å². The fraction of sp³-hybridized carbons (Fsp3) is 0.792. The Bertz CT molecular complexity index is 1440. The second kappa shape index (κ2) is 66.4. The highest BCUT2D eigenvalue weighted by atomic mass is 16.6. The van der Waals surface area contributed by atoms with Crippen LogP contribution in [0.1, 0.15) is 348 Å². The van der Waals surface area contributed by atoms with Gasteiger partial charge in [0.05, 0.1) is 0 Å². The number of hydrogen-bond donors (Lipinski definition) is 0. The zero-order chi connectivity index (χ0) is 56.4. The van der Waals surface area contributed by atoms with Crippen molar-refractivity contribution in [1.29, 1.82) is 0 Å². The van der Waals surface area contributed by atoms with Gasteiger partial charge in [-0.3, -0.25) is 14.4 Å². The highest BCUT2D eigenvalue weighted by Crippen LogP contribution is 2.17. The highest BCUT2D eigenvalue weighted by Gasteiger charge is 2.19. The Morgan fingerprint density at radius 2 is 0.500 bits per heavy atom. The first-order valence-electron chi connectivity index (χ1n) is 33.9. The van der Waals surface area contributed by atoms with Gasteiger partial charge in [-0.2, -0.15) is 0 Å². The van der Waals surface area contributed by atoms with Crippen LogP contribution in [0.2, 0.25) is 0 Å². The molecule has 0 spiro atoms. The molecule has 0 fully saturated rings. The molecular formula is C72H128O6. The van der Waals surface area contributed by atoms with E-state index in [4.69, 9.17) is 14.2 Å². The first kappa shape index (κ1) is 74.8. The molecule has 6 heteroatoms. The Labute approximate surface area is 484 Å². The molecule has 0 aromatic heterocycles. The predicted molar refractivity (Wildman–Crippen MR) is 339 cm³/mol. The highest BCUT2D eigenvalue weighted by molar-refractivity contribution is 5.71. The molecule has 0 N–H and O–H groups in total. The lowest BCUT2D eigenvalue weighted by Gasteiger charge is -2.18. The molecule has 0 saturated heterocycles. The minimum absolute atomic E-state index is 0.0768. The van der Waals surface area contributed by atoms with Gasteiger partial charge in [-0.1, -0.05) is 312 Å². The van der Waals surface area contributed by atoms with Gasteiger partial charge >= 0.3 is 17.9 Å². The minimum atomic E-state index is -0.778. The maximum absolute atomic E-state index is 12.9. The molecule has 0 bridgehead atoms. The van der Waals surface area contributed by atoms with Gasteiger partial charge < -0.3 is 14.2 Å². The summed E-state index contributed by atoms with van der Waals surface area (Å²) in [5.74, 6) is -0.883. The second-order valence-electron chi connectivity index (χ2n) is 22.7. The Kier molecular flexibility index (Phi) is 63.7. The van der Waals surface area contributed by atoms with Crippen LogP contribution in [0.15, 0.2) is 72.9 Å². The largest absolute Gasteiger partial charge is 0.462 e. The summed E-state index contributed by atoms with van der Waals surface area (Å²) in [6.07, 6.45) is 86.8. The van der Waals surface area contributed by atoms with Crippen LogP contribution in [0, 0.1) is 0 Å². The van der Waals surface area contributed by atoms with Crippen molar-refractivity contribution >= 4 is 17.9 Å². The van der Waals surface area contributed by atoms with Crippen molar-refractivity contribution in [3.8, 4) is 0 Å². The van der Waals surface area contributed by atoms with Gasteiger partial charge in [0.2, 0.25) is 0 Å². The van der Waals surface area contributed by atoms with Gasteiger partial charge in [0.25, 0.3) is 0 Å². The summed E-state index contributed by atoms with van der Waals surface area (Å²) in [7, 11) is 0. The van der Waals surface area contributed by atoms with E-state index in [0.29, 0.717) is 19.3 Å². The first-order chi connectivity index (χ1) is 38.5. The Morgan fingerprint density at radius 3 is 0.795 bits per heavy atom. The Balaban J connectivity index is 4.02. The number of allylic oxidation sites excluding steroid dienone is 12. The fourth-order valence-electron chi connectivity index (χ4n) is 9.88. The molecule has 6 nitrogen and oxygen atoms in total. The number of rotatable bonds is 62. The predicted octanol–water partition coefficient (Wildman–Crippen LogP) is 23.3. The van der Waals surface area contributed by atoms with E-state index in [0.717, 1.165) is 96.3 Å². The summed E-state index contributed by atoms with van der Waals surface area (Å²) < 4.78 is 16.8. The standard InChI is InChI=1S/C72H128O6/c1-4-7-10-13-16-18-20-22-24-26-28-30-32-33-34-35-36-37-38-39-41-42-44-46-48-50-52-54-56-59-62-65-71(74)77-68-69(67-76-70(73)64-61-58-15-12-9-6-3)78-72(75)66-63-60-57-55-53-51-49-47-45-43-40-31-29-27-25-23-21-19-17-14-11-8-5-2/h8,11,17,19,23,25-26,28-29,31,43,45,69H,4-7,9-10,12-16,18,20-22,24,27,30,32-42,44,46-68H2,1-3H3/b11-8-,19-17-,25-23-,28-26-,31-29-,45-43-. The first-order valence-corrected chi connectivity index (χ1v) is 33.9. The van der Waals surface area contributed by atoms with Gasteiger partial charge in [0, 0.05) is 19.3 Å². The van der Waals surface area contributed by atoms with Crippen LogP contribution in [0.5, 0.6) is 0 Å². The maximum Gasteiger partial charge on any atom is 0.306 e. The van der Waals surface area contributed by atoms with Crippen LogP contribution in [0.4, 0.5) is 0 Å². The maximum atomic E-state index is 12.9. The minimum Gasteiger partial charge on any atom is -0.462 e. The van der Waals surface area contributed by atoms with Crippen molar-refractivity contribution < 1.29 is 28.6 Å². The average Bonchev–Trinajstić information content (AvgIpc) is 3.44. The molecule has 0 radical (unpaired) electrons. The lowest BCUT2D eigenvalue weighted by molar-refractivity contribution is -0.167. The summed E-state index contributed by atoms with van der Waals surface area (Å²) in [4.78, 5) is 38.1. The van der Waals surface area contributed by atoms with E-state index in [-0.39, 0.29) is 31.1 Å². The second-order valence-corrected chi connectivity index (χ2v) is 22.7. The summed E-state index contributed by atoms with van der Waals surface area (Å²) in [6, 6.07) is 0. The normalized spacial score (nSPS) is 12.5. The van der Waals surface area contributed by atoms with Gasteiger partial charge in [-0.05, 0) is 89.9 Å². The van der Waals surface area contributed by atoms with E-state index in [2.05, 4.69) is 93.7 Å². The smallest absolute Gasteiger partial charge is 0.306 e. The monoisotopic (exact) mass is 1090 g/mol. The molecule has 0 aliphatic carbocycles. The van der Waals surface area contributed by atoms with E-state index >= 15 is 0 Å². The molecule has 0 heterocycles. The summed E-state index contributed by atoms with van der Waals surface area (Å²) >= 11 is 0. The molecule has 452 valence electrons. The topological polar surface area (TPSA) is 78.9 Å². The number of carbonyl (C=O) groups excluding carboxylic acids is 3. The van der Waals surface area contributed by atoms with Crippen molar-refractivity contribution in [2.24, 2.45) is 0 Å². The number of hydrogen-bond acceptors (Lipinski definition) is 6. The molecule has 0 saturated carbocycles. The van der Waals surface area contributed by atoms with Crippen LogP contribution in [0.3, 0.4) is 0 Å². The van der Waals surface area contributed by atoms with E-state index in [1.165, 1.54) is 212 Å². The van der Waals surface area contributed by atoms with Gasteiger partial charge in [-0.15, -0.1) is 0 Å². The van der Waals surface area contributed by atoms with Crippen LogP contribution < -0.4 is 0 Å². The summed E-state index contributed by atoms with van der Waals surface area (Å²) in [5.41, 5.74) is 0. The molecule has 0 aliphatic heterocycles. The number of ether oxygens (including phenoxy) is 3. The van der Waals surface area contributed by atoms with Crippen molar-refractivity contribution in [3.63, 3.8) is 0 Å². The molecule has 0 rings (SSSR count). The quantitative estimate of drug-likeness (QED) is 0.0261. The molecule has 78 heavy (non-hydrogen) atoms. The van der Waals surface area contributed by atoms with Crippen molar-refractivity contribution in [2.75, 3.05) is 13.2 Å². The average molecular weight is 1090 g/mol. The zero-order valence-corrected chi connectivity index (χ0v) is 51.9.